The Balaban J connectivity index is 2.08. The number of likely N-dealkylation sites (N-methyl/N-ethyl adjacent to an activating group) is 1. The summed E-state index contributed by atoms with van der Waals surface area (Å²) >= 11 is 0. The smallest absolute Gasteiger partial charge is 0.168 e. The average molecular weight is 300 g/mol. The molecule has 1 aromatic rings. The lowest BCUT2D eigenvalue weighted by molar-refractivity contribution is -0.116. The first-order valence-electron chi connectivity index (χ1n) is 7.64. The molecule has 0 heterocycles. The monoisotopic (exact) mass is 300 g/mol. The second-order valence-corrected chi connectivity index (χ2v) is 6.14. The van der Waals surface area contributed by atoms with Crippen LogP contribution in [-0.4, -0.2) is 49.2 Å². The van der Waals surface area contributed by atoms with Gasteiger partial charge in [0, 0.05) is 25.6 Å². The fourth-order valence-corrected chi connectivity index (χ4v) is 2.63. The minimum atomic E-state index is -0.0242. The zero-order valence-electron chi connectivity index (χ0n) is 13.5. The molecule has 0 radical (unpaired) electrons. The normalized spacial score (nSPS) is 19.5. The van der Waals surface area contributed by atoms with Crippen molar-refractivity contribution in [2.45, 2.75) is 25.7 Å². The van der Waals surface area contributed by atoms with E-state index in [9.17, 15) is 9.90 Å². The summed E-state index contributed by atoms with van der Waals surface area (Å²) < 4.78 is 0. The predicted octanol–water partition coefficient (Wildman–Crippen LogP) is 2.89. The molecule has 0 amide bonds. The van der Waals surface area contributed by atoms with Crippen molar-refractivity contribution in [1.82, 2.24) is 4.90 Å². The van der Waals surface area contributed by atoms with Gasteiger partial charge >= 0.3 is 0 Å². The third kappa shape index (κ3) is 4.28. The van der Waals surface area contributed by atoms with Crippen molar-refractivity contribution in [3.05, 3.63) is 46.7 Å². The van der Waals surface area contributed by atoms with Gasteiger partial charge in [0.15, 0.2) is 5.78 Å². The molecule has 1 unspecified atom stereocenters. The van der Waals surface area contributed by atoms with E-state index in [0.29, 0.717) is 25.0 Å². The molecule has 0 spiro atoms. The summed E-state index contributed by atoms with van der Waals surface area (Å²) in [5, 5.41) is 10.2. The molecule has 4 nitrogen and oxygen atoms in total. The number of aliphatic hydroxyl groups is 1. The number of aliphatic imine (C=N–C) groups is 1. The first-order valence-corrected chi connectivity index (χ1v) is 7.64. The van der Waals surface area contributed by atoms with Crippen molar-refractivity contribution in [3.63, 3.8) is 0 Å². The summed E-state index contributed by atoms with van der Waals surface area (Å²) in [4.78, 5) is 18.6. The zero-order chi connectivity index (χ0) is 16.1. The highest BCUT2D eigenvalue weighted by molar-refractivity contribution is 6.14. The van der Waals surface area contributed by atoms with Crippen LogP contribution in [0.5, 0.6) is 0 Å². The van der Waals surface area contributed by atoms with Gasteiger partial charge in [-0.15, -0.1) is 0 Å². The summed E-state index contributed by atoms with van der Waals surface area (Å²) in [6.45, 7) is 3.48. The maximum atomic E-state index is 12.3. The molecular formula is C18H24N2O2. The van der Waals surface area contributed by atoms with Gasteiger partial charge in [0.2, 0.25) is 0 Å². The Hall–Kier alpha value is -1.94. The van der Waals surface area contributed by atoms with E-state index in [1.165, 1.54) is 11.8 Å². The van der Waals surface area contributed by atoms with E-state index in [1.54, 1.807) is 0 Å². The van der Waals surface area contributed by atoms with Gasteiger partial charge < -0.3 is 10.0 Å². The Morgan fingerprint density at radius 3 is 2.77 bits per heavy atom. The number of hydrogen-bond donors (Lipinski definition) is 1. The number of aryl methyl sites for hydroxylation is 1. The molecule has 1 aromatic carbocycles. The fourth-order valence-electron chi connectivity index (χ4n) is 2.63. The average Bonchev–Trinajstić information content (AvgIpc) is 2.45. The molecule has 1 aliphatic rings. The molecule has 0 fully saturated rings. The fraction of sp³-hybridized carbons (Fsp3) is 0.444. The van der Waals surface area contributed by atoms with Crippen molar-refractivity contribution < 1.29 is 9.90 Å². The molecular weight excluding hydrogens is 276 g/mol. The number of allylic oxidation sites excluding steroid dienone is 2. The van der Waals surface area contributed by atoms with Gasteiger partial charge in [-0.05, 0) is 32.5 Å². The molecule has 0 saturated heterocycles. The number of carbonyl (C=O) groups excluding carboxylic acids is 1. The number of nitrogens with zero attached hydrogens (tertiary/aromatic N) is 2. The largest absolute Gasteiger partial charge is 0.511 e. The number of Topliss-reactive ketones (excluding diaryl/α,β-unsaturated/α-hetero) is 1. The standard InChI is InChI=1S/C18H24N2O2/c1-13-5-4-6-14(9-13)15-10-17(21)16(18(22)11-15)12-19-7-8-20(2)3/h4-6,9,12,15,21H,7-8,10-11H2,1-3H3. The Morgan fingerprint density at radius 2 is 2.14 bits per heavy atom. The molecule has 0 saturated carbocycles. The van der Waals surface area contributed by atoms with Crippen LogP contribution >= 0.6 is 0 Å². The van der Waals surface area contributed by atoms with Gasteiger partial charge in [-0.25, -0.2) is 0 Å². The molecule has 0 aromatic heterocycles. The molecule has 4 heteroatoms. The van der Waals surface area contributed by atoms with E-state index in [0.717, 1.165) is 12.1 Å². The van der Waals surface area contributed by atoms with Gasteiger partial charge in [0.05, 0.1) is 12.1 Å². The van der Waals surface area contributed by atoms with Crippen LogP contribution in [-0.2, 0) is 4.79 Å². The van der Waals surface area contributed by atoms with Gasteiger partial charge in [-0.2, -0.15) is 0 Å². The second-order valence-electron chi connectivity index (χ2n) is 6.14. The first kappa shape index (κ1) is 16.4. The van der Waals surface area contributed by atoms with Crippen molar-refractivity contribution in [2.75, 3.05) is 27.2 Å². The van der Waals surface area contributed by atoms with Gasteiger partial charge in [0.1, 0.15) is 5.76 Å². The molecule has 1 aliphatic carbocycles. The molecule has 2 rings (SSSR count). The van der Waals surface area contributed by atoms with E-state index in [4.69, 9.17) is 0 Å². The highest BCUT2D eigenvalue weighted by Gasteiger charge is 2.27. The molecule has 22 heavy (non-hydrogen) atoms. The quantitative estimate of drug-likeness (QED) is 0.851. The van der Waals surface area contributed by atoms with Crippen LogP contribution in [0.15, 0.2) is 40.6 Å². The lowest BCUT2D eigenvalue weighted by Crippen LogP contribution is -2.20. The van der Waals surface area contributed by atoms with E-state index >= 15 is 0 Å². The minimum Gasteiger partial charge on any atom is -0.511 e. The van der Waals surface area contributed by atoms with E-state index in [-0.39, 0.29) is 17.5 Å². The summed E-state index contributed by atoms with van der Waals surface area (Å²) in [5.41, 5.74) is 2.66. The number of carbonyl (C=O) groups is 1. The van der Waals surface area contributed by atoms with Crippen molar-refractivity contribution >= 4 is 12.0 Å². The van der Waals surface area contributed by atoms with Gasteiger partial charge in [0.25, 0.3) is 0 Å². The molecule has 0 bridgehead atoms. The maximum Gasteiger partial charge on any atom is 0.168 e. The Morgan fingerprint density at radius 1 is 1.36 bits per heavy atom. The Bertz CT molecular complexity index is 603. The molecule has 0 aliphatic heterocycles. The predicted molar refractivity (Wildman–Crippen MR) is 89.7 cm³/mol. The summed E-state index contributed by atoms with van der Waals surface area (Å²) in [6, 6.07) is 8.14. The van der Waals surface area contributed by atoms with Crippen LogP contribution in [0.1, 0.15) is 29.9 Å². The SMILES string of the molecule is Cc1cccc(C2CC(=O)C(C=NCCN(C)C)=C(O)C2)c1. The Labute approximate surface area is 132 Å². The van der Waals surface area contributed by atoms with Crippen LogP contribution in [0.2, 0.25) is 0 Å². The number of benzene rings is 1. The highest BCUT2D eigenvalue weighted by atomic mass is 16.3. The van der Waals surface area contributed by atoms with Crippen LogP contribution in [0.4, 0.5) is 0 Å². The highest BCUT2D eigenvalue weighted by Crippen LogP contribution is 2.33. The molecule has 1 N–H and O–H groups in total. The third-order valence-corrected chi connectivity index (χ3v) is 3.89. The minimum absolute atomic E-state index is 0.0242. The first-order chi connectivity index (χ1) is 10.5. The van der Waals surface area contributed by atoms with Crippen molar-refractivity contribution in [1.29, 1.82) is 0 Å². The second kappa shape index (κ2) is 7.36. The topological polar surface area (TPSA) is 52.9 Å². The Kier molecular flexibility index (Phi) is 5.50. The molecule has 118 valence electrons. The summed E-state index contributed by atoms with van der Waals surface area (Å²) in [7, 11) is 3.95. The lowest BCUT2D eigenvalue weighted by Gasteiger charge is -2.22. The van der Waals surface area contributed by atoms with E-state index in [2.05, 4.69) is 11.1 Å². The number of aliphatic hydroxyl groups excluding tert-OH is 1. The van der Waals surface area contributed by atoms with Gasteiger partial charge in [-0.1, -0.05) is 29.8 Å². The van der Waals surface area contributed by atoms with Gasteiger partial charge in [-0.3, -0.25) is 9.79 Å². The summed E-state index contributed by atoms with van der Waals surface area (Å²) in [6.07, 6.45) is 2.47. The van der Waals surface area contributed by atoms with Crippen LogP contribution in [0.3, 0.4) is 0 Å². The lowest BCUT2D eigenvalue weighted by atomic mass is 9.82. The number of hydrogen-bond acceptors (Lipinski definition) is 4. The van der Waals surface area contributed by atoms with E-state index < -0.39 is 0 Å². The van der Waals surface area contributed by atoms with Crippen LogP contribution in [0, 0.1) is 6.92 Å². The number of rotatable bonds is 5. The maximum absolute atomic E-state index is 12.3. The van der Waals surface area contributed by atoms with Crippen molar-refractivity contribution in [2.24, 2.45) is 4.99 Å². The van der Waals surface area contributed by atoms with Crippen LogP contribution < -0.4 is 0 Å². The third-order valence-electron chi connectivity index (χ3n) is 3.89. The number of ketones is 1. The molecule has 1 atom stereocenters. The van der Waals surface area contributed by atoms with Crippen molar-refractivity contribution in [3.8, 4) is 0 Å². The zero-order valence-corrected chi connectivity index (χ0v) is 13.5. The summed E-state index contributed by atoms with van der Waals surface area (Å²) in [5.74, 6) is 0.201. The van der Waals surface area contributed by atoms with Crippen LogP contribution in [0.25, 0.3) is 0 Å². The van der Waals surface area contributed by atoms with E-state index in [1.807, 2.05) is 44.1 Å².